The van der Waals surface area contributed by atoms with Crippen LogP contribution in [0.2, 0.25) is 0 Å². The predicted molar refractivity (Wildman–Crippen MR) is 72.6 cm³/mol. The molecular formula is C13H20N4O3. The van der Waals surface area contributed by atoms with Crippen molar-refractivity contribution in [3.8, 4) is 0 Å². The van der Waals surface area contributed by atoms with Gasteiger partial charge in [-0.05, 0) is 19.5 Å². The average molecular weight is 280 g/mol. The second-order valence-electron chi connectivity index (χ2n) is 4.92. The molecule has 1 unspecified atom stereocenters. The van der Waals surface area contributed by atoms with E-state index in [9.17, 15) is 9.59 Å². The molecule has 1 N–H and O–H groups in total. The zero-order valence-electron chi connectivity index (χ0n) is 11.8. The normalized spacial score (nSPS) is 18.0. The molecular weight excluding hydrogens is 260 g/mol. The number of rotatable bonds is 4. The number of nitrogens with zero attached hydrogens (tertiary/aromatic N) is 4. The lowest BCUT2D eigenvalue weighted by Crippen LogP contribution is -2.48. The average Bonchev–Trinajstić information content (AvgIpc) is 2.95. The van der Waals surface area contributed by atoms with Crippen LogP contribution in [0.3, 0.4) is 0 Å². The summed E-state index contributed by atoms with van der Waals surface area (Å²) in [4.78, 5) is 27.2. The van der Waals surface area contributed by atoms with Crippen molar-refractivity contribution >= 4 is 11.9 Å². The lowest BCUT2D eigenvalue weighted by Gasteiger charge is -2.33. The molecule has 0 bridgehead atoms. The van der Waals surface area contributed by atoms with Gasteiger partial charge in [0, 0.05) is 32.4 Å². The Kier molecular flexibility index (Phi) is 4.39. The van der Waals surface area contributed by atoms with E-state index in [1.807, 2.05) is 0 Å². The van der Waals surface area contributed by atoms with Crippen LogP contribution in [0, 0.1) is 0 Å². The molecule has 0 aromatic carbocycles. The molecule has 0 aliphatic carbocycles. The first-order valence-corrected chi connectivity index (χ1v) is 6.82. The molecule has 2 rings (SSSR count). The fourth-order valence-electron chi connectivity index (χ4n) is 2.21. The van der Waals surface area contributed by atoms with Gasteiger partial charge < -0.3 is 14.9 Å². The summed E-state index contributed by atoms with van der Waals surface area (Å²) in [5.41, 5.74) is 0.308. The van der Waals surface area contributed by atoms with Crippen molar-refractivity contribution in [3.05, 3.63) is 18.0 Å². The van der Waals surface area contributed by atoms with Crippen LogP contribution in [0.1, 0.15) is 30.4 Å². The number of carbonyl (C=O) groups excluding carboxylic acids is 1. The molecule has 1 saturated heterocycles. The van der Waals surface area contributed by atoms with E-state index in [0.29, 0.717) is 18.8 Å². The lowest BCUT2D eigenvalue weighted by molar-refractivity contribution is -0.140. The molecule has 0 saturated carbocycles. The van der Waals surface area contributed by atoms with E-state index in [4.69, 9.17) is 5.11 Å². The maximum atomic E-state index is 12.3. The number of likely N-dealkylation sites (N-methyl/N-ethyl adjacent to an activating group) is 1. The molecule has 7 nitrogen and oxygen atoms in total. The fourth-order valence-corrected chi connectivity index (χ4v) is 2.21. The molecule has 1 atom stereocenters. The van der Waals surface area contributed by atoms with Gasteiger partial charge in [0.1, 0.15) is 11.7 Å². The van der Waals surface area contributed by atoms with Gasteiger partial charge in [0.15, 0.2) is 0 Å². The van der Waals surface area contributed by atoms with Crippen LogP contribution in [0.5, 0.6) is 0 Å². The Morgan fingerprint density at radius 2 is 2.00 bits per heavy atom. The smallest absolute Gasteiger partial charge is 0.328 e. The Hall–Kier alpha value is -1.89. The van der Waals surface area contributed by atoms with Gasteiger partial charge in [0.2, 0.25) is 0 Å². The number of hydrogen-bond acceptors (Lipinski definition) is 4. The summed E-state index contributed by atoms with van der Waals surface area (Å²) in [6, 6.07) is 0.807. The van der Waals surface area contributed by atoms with Crippen LogP contribution in [0.25, 0.3) is 0 Å². The van der Waals surface area contributed by atoms with E-state index in [1.54, 1.807) is 11.0 Å². The summed E-state index contributed by atoms with van der Waals surface area (Å²) in [5, 5.41) is 13.0. The van der Waals surface area contributed by atoms with Gasteiger partial charge in [-0.25, -0.2) is 4.79 Å². The van der Waals surface area contributed by atoms with Gasteiger partial charge in [-0.2, -0.15) is 5.10 Å². The van der Waals surface area contributed by atoms with Gasteiger partial charge in [0.25, 0.3) is 5.91 Å². The lowest BCUT2D eigenvalue weighted by atomic mass is 10.3. The minimum absolute atomic E-state index is 0.128. The van der Waals surface area contributed by atoms with Crippen molar-refractivity contribution in [1.82, 2.24) is 19.6 Å². The van der Waals surface area contributed by atoms with Crippen LogP contribution in [-0.4, -0.2) is 69.3 Å². The van der Waals surface area contributed by atoms with Crippen molar-refractivity contribution < 1.29 is 14.7 Å². The SMILES string of the molecule is CCN1CCN(C(=O)c2ccn(C(C)C(=O)O)n2)CC1. The number of piperazine rings is 1. The molecule has 1 amide bonds. The molecule has 1 aromatic rings. The Balaban J connectivity index is 2.01. The van der Waals surface area contributed by atoms with Gasteiger partial charge in [0.05, 0.1) is 0 Å². The third-order valence-electron chi connectivity index (χ3n) is 3.69. The van der Waals surface area contributed by atoms with Gasteiger partial charge in [-0.15, -0.1) is 0 Å². The summed E-state index contributed by atoms with van der Waals surface area (Å²) >= 11 is 0. The highest BCUT2D eigenvalue weighted by atomic mass is 16.4. The monoisotopic (exact) mass is 280 g/mol. The molecule has 20 heavy (non-hydrogen) atoms. The van der Waals surface area contributed by atoms with Crippen LogP contribution in [0.4, 0.5) is 0 Å². The Morgan fingerprint density at radius 3 is 2.55 bits per heavy atom. The molecule has 2 heterocycles. The van der Waals surface area contributed by atoms with Crippen molar-refractivity contribution in [2.45, 2.75) is 19.9 Å². The van der Waals surface area contributed by atoms with Crippen LogP contribution in [-0.2, 0) is 4.79 Å². The van der Waals surface area contributed by atoms with Crippen LogP contribution in [0.15, 0.2) is 12.3 Å². The van der Waals surface area contributed by atoms with Crippen molar-refractivity contribution in [3.63, 3.8) is 0 Å². The van der Waals surface area contributed by atoms with E-state index in [2.05, 4.69) is 16.9 Å². The van der Waals surface area contributed by atoms with E-state index in [0.717, 1.165) is 19.6 Å². The number of carboxylic acid groups (broad SMARTS) is 1. The first kappa shape index (κ1) is 14.5. The number of carboxylic acids is 1. The van der Waals surface area contributed by atoms with E-state index in [-0.39, 0.29) is 5.91 Å². The summed E-state index contributed by atoms with van der Waals surface area (Å²) in [5.74, 6) is -1.10. The van der Waals surface area contributed by atoms with Gasteiger partial charge in [-0.1, -0.05) is 6.92 Å². The largest absolute Gasteiger partial charge is 0.480 e. The molecule has 1 aliphatic rings. The summed E-state index contributed by atoms with van der Waals surface area (Å²) in [6.45, 7) is 7.74. The second-order valence-corrected chi connectivity index (χ2v) is 4.92. The maximum Gasteiger partial charge on any atom is 0.328 e. The highest BCUT2D eigenvalue weighted by Gasteiger charge is 2.24. The Bertz CT molecular complexity index is 492. The summed E-state index contributed by atoms with van der Waals surface area (Å²) < 4.78 is 1.30. The molecule has 0 spiro atoms. The first-order valence-electron chi connectivity index (χ1n) is 6.82. The second kappa shape index (κ2) is 6.04. The maximum absolute atomic E-state index is 12.3. The molecule has 0 radical (unpaired) electrons. The molecule has 7 heteroatoms. The number of aromatic nitrogens is 2. The highest BCUT2D eigenvalue weighted by molar-refractivity contribution is 5.92. The Morgan fingerprint density at radius 1 is 1.35 bits per heavy atom. The van der Waals surface area contributed by atoms with Gasteiger partial charge in [-0.3, -0.25) is 9.48 Å². The molecule has 1 aliphatic heterocycles. The van der Waals surface area contributed by atoms with Crippen molar-refractivity contribution in [2.75, 3.05) is 32.7 Å². The highest BCUT2D eigenvalue weighted by Crippen LogP contribution is 2.10. The number of aliphatic carboxylic acids is 1. The molecule has 110 valence electrons. The standard InChI is InChI=1S/C13H20N4O3/c1-3-15-6-8-16(9-7-15)12(18)11-4-5-17(14-11)10(2)13(19)20/h4-5,10H,3,6-9H2,1-2H3,(H,19,20). The fraction of sp³-hybridized carbons (Fsp3) is 0.615. The van der Waals surface area contributed by atoms with Crippen molar-refractivity contribution in [2.24, 2.45) is 0 Å². The number of amides is 1. The zero-order valence-corrected chi connectivity index (χ0v) is 11.8. The quantitative estimate of drug-likeness (QED) is 0.858. The summed E-state index contributed by atoms with van der Waals surface area (Å²) in [6.07, 6.45) is 1.54. The van der Waals surface area contributed by atoms with Crippen molar-refractivity contribution in [1.29, 1.82) is 0 Å². The van der Waals surface area contributed by atoms with Crippen LogP contribution < -0.4 is 0 Å². The number of hydrogen-bond donors (Lipinski definition) is 1. The third-order valence-corrected chi connectivity index (χ3v) is 3.69. The third kappa shape index (κ3) is 2.98. The minimum Gasteiger partial charge on any atom is -0.480 e. The van der Waals surface area contributed by atoms with E-state index < -0.39 is 12.0 Å². The summed E-state index contributed by atoms with van der Waals surface area (Å²) in [7, 11) is 0. The topological polar surface area (TPSA) is 78.7 Å². The molecule has 1 aromatic heterocycles. The van der Waals surface area contributed by atoms with E-state index in [1.165, 1.54) is 17.8 Å². The predicted octanol–water partition coefficient (Wildman–Crippen LogP) is 0.306. The first-order chi connectivity index (χ1) is 9.52. The molecule has 1 fully saturated rings. The zero-order chi connectivity index (χ0) is 14.7. The Labute approximate surface area is 117 Å². The van der Waals surface area contributed by atoms with E-state index >= 15 is 0 Å². The minimum atomic E-state index is -0.969. The van der Waals surface area contributed by atoms with Gasteiger partial charge >= 0.3 is 5.97 Å². The number of carbonyl (C=O) groups is 2. The van der Waals surface area contributed by atoms with Crippen LogP contribution >= 0.6 is 0 Å².